The van der Waals surface area contributed by atoms with Crippen LogP contribution in [-0.2, 0) is 12.7 Å². The highest BCUT2D eigenvalue weighted by Crippen LogP contribution is 2.31. The highest BCUT2D eigenvalue weighted by molar-refractivity contribution is 7.71. The van der Waals surface area contributed by atoms with Crippen LogP contribution in [0.3, 0.4) is 0 Å². The Bertz CT molecular complexity index is 1290. The predicted molar refractivity (Wildman–Crippen MR) is 126 cm³/mol. The summed E-state index contributed by atoms with van der Waals surface area (Å²) < 4.78 is 40.2. The van der Waals surface area contributed by atoms with Crippen molar-refractivity contribution >= 4 is 18.4 Å². The Balaban J connectivity index is 1.52. The molecule has 2 N–H and O–H groups in total. The number of alkyl halides is 3. The maximum Gasteiger partial charge on any atom is 0.416 e. The van der Waals surface area contributed by atoms with Gasteiger partial charge in [0, 0.05) is 25.8 Å². The van der Waals surface area contributed by atoms with Gasteiger partial charge in [-0.15, -0.1) is 0 Å². The lowest BCUT2D eigenvalue weighted by atomic mass is 10.0. The summed E-state index contributed by atoms with van der Waals surface area (Å²) in [6, 6.07) is 14.5. The molecule has 178 valence electrons. The van der Waals surface area contributed by atoms with Gasteiger partial charge in [-0.2, -0.15) is 13.2 Å². The van der Waals surface area contributed by atoms with Gasteiger partial charge in [-0.25, -0.2) is 0 Å². The van der Waals surface area contributed by atoms with Gasteiger partial charge in [-0.3, -0.25) is 24.2 Å². The van der Waals surface area contributed by atoms with Gasteiger partial charge in [0.2, 0.25) is 5.88 Å². The monoisotopic (exact) mass is 488 g/mol. The van der Waals surface area contributed by atoms with Crippen LogP contribution >= 0.6 is 12.2 Å². The summed E-state index contributed by atoms with van der Waals surface area (Å²) in [6.07, 6.45) is -1.70. The van der Waals surface area contributed by atoms with Crippen LogP contribution in [0.1, 0.15) is 29.5 Å². The zero-order chi connectivity index (χ0) is 24.3. The molecule has 0 radical (unpaired) electrons. The van der Waals surface area contributed by atoms with Crippen LogP contribution in [-0.4, -0.2) is 44.9 Å². The van der Waals surface area contributed by atoms with E-state index in [2.05, 4.69) is 27.0 Å². The summed E-state index contributed by atoms with van der Waals surface area (Å²) >= 11 is 5.10. The SMILES string of the molecule is O=c1[nH]c(=S)n(-c2cccc(C(F)(F)F)c2)c(O)c1C=NC1CCN(Cc2ccccc2)CC1. The van der Waals surface area contributed by atoms with E-state index in [1.165, 1.54) is 23.9 Å². The number of aliphatic imine (C=N–C) groups is 1. The molecule has 1 aliphatic rings. The van der Waals surface area contributed by atoms with Crippen molar-refractivity contribution in [3.8, 4) is 11.6 Å². The number of benzene rings is 2. The van der Waals surface area contributed by atoms with Crippen LogP contribution in [0.4, 0.5) is 13.2 Å². The topological polar surface area (TPSA) is 73.6 Å². The van der Waals surface area contributed by atoms with Crippen LogP contribution in [0.2, 0.25) is 0 Å². The van der Waals surface area contributed by atoms with Gasteiger partial charge in [0.05, 0.1) is 17.3 Å². The quantitative estimate of drug-likeness (QED) is 0.403. The normalized spacial score (nSPS) is 15.7. The molecule has 1 aliphatic heterocycles. The summed E-state index contributed by atoms with van der Waals surface area (Å²) in [5.41, 5.74) is -0.481. The molecule has 0 aliphatic carbocycles. The van der Waals surface area contributed by atoms with E-state index in [4.69, 9.17) is 12.2 Å². The second-order valence-corrected chi connectivity index (χ2v) is 8.54. The van der Waals surface area contributed by atoms with E-state index in [-0.39, 0.29) is 22.1 Å². The molecule has 0 bridgehead atoms. The highest BCUT2D eigenvalue weighted by Gasteiger charge is 2.31. The lowest BCUT2D eigenvalue weighted by Crippen LogP contribution is -2.34. The van der Waals surface area contributed by atoms with Crippen LogP contribution in [0.25, 0.3) is 5.69 Å². The Morgan fingerprint density at radius 2 is 1.82 bits per heavy atom. The van der Waals surface area contributed by atoms with Crippen LogP contribution in [0, 0.1) is 4.77 Å². The maximum atomic E-state index is 13.1. The molecule has 0 amide bonds. The standard InChI is InChI=1S/C24H23F3N4O2S/c25-24(26,27)17-7-4-8-19(13-17)31-22(33)20(21(32)29-23(31)34)14-28-18-9-11-30(12-10-18)15-16-5-2-1-3-6-16/h1-8,13-14,18,33H,9-12,15H2,(H,29,32,34). The summed E-state index contributed by atoms with van der Waals surface area (Å²) in [5, 5.41) is 10.7. The molecule has 1 aromatic heterocycles. The number of piperidine rings is 1. The summed E-state index contributed by atoms with van der Waals surface area (Å²) in [7, 11) is 0. The molecule has 34 heavy (non-hydrogen) atoms. The molecule has 0 atom stereocenters. The molecule has 3 aromatic rings. The molecule has 6 nitrogen and oxygen atoms in total. The summed E-state index contributed by atoms with van der Waals surface area (Å²) in [5.74, 6) is -0.557. The van der Waals surface area contributed by atoms with Gasteiger partial charge in [-0.1, -0.05) is 36.4 Å². The average molecular weight is 489 g/mol. The summed E-state index contributed by atoms with van der Waals surface area (Å²) in [4.78, 5) is 21.6. The van der Waals surface area contributed by atoms with E-state index in [1.54, 1.807) is 0 Å². The third-order valence-electron chi connectivity index (χ3n) is 5.77. The van der Waals surface area contributed by atoms with Crippen molar-refractivity contribution < 1.29 is 18.3 Å². The number of hydrogen-bond donors (Lipinski definition) is 2. The van der Waals surface area contributed by atoms with E-state index < -0.39 is 23.2 Å². The first-order chi connectivity index (χ1) is 16.2. The Labute approximate surface area is 199 Å². The van der Waals surface area contributed by atoms with Gasteiger partial charge in [0.1, 0.15) is 5.56 Å². The minimum absolute atomic E-state index is 0.0163. The number of aromatic hydroxyl groups is 1. The van der Waals surface area contributed by atoms with Crippen molar-refractivity contribution in [2.45, 2.75) is 31.6 Å². The number of aromatic nitrogens is 2. The van der Waals surface area contributed by atoms with Gasteiger partial charge < -0.3 is 5.11 Å². The Hall–Kier alpha value is -3.24. The van der Waals surface area contributed by atoms with Crippen LogP contribution in [0.15, 0.2) is 64.4 Å². The van der Waals surface area contributed by atoms with E-state index >= 15 is 0 Å². The molecule has 0 unspecified atom stereocenters. The van der Waals surface area contributed by atoms with E-state index in [0.717, 1.165) is 49.2 Å². The van der Waals surface area contributed by atoms with E-state index in [0.29, 0.717) is 0 Å². The molecule has 0 spiro atoms. The first-order valence-corrected chi connectivity index (χ1v) is 11.2. The second-order valence-electron chi connectivity index (χ2n) is 8.15. The second kappa shape index (κ2) is 9.94. The molecule has 2 aromatic carbocycles. The van der Waals surface area contributed by atoms with Crippen molar-refractivity contribution in [3.05, 3.63) is 86.4 Å². The summed E-state index contributed by atoms with van der Waals surface area (Å²) in [6.45, 7) is 2.54. The average Bonchev–Trinajstić information content (AvgIpc) is 2.80. The fourth-order valence-corrected chi connectivity index (χ4v) is 4.25. The van der Waals surface area contributed by atoms with Crippen molar-refractivity contribution in [3.63, 3.8) is 0 Å². The molecule has 1 saturated heterocycles. The van der Waals surface area contributed by atoms with Gasteiger partial charge in [0.15, 0.2) is 4.77 Å². The number of nitrogens with zero attached hydrogens (tertiary/aromatic N) is 3. The number of nitrogens with one attached hydrogen (secondary N) is 1. The van der Waals surface area contributed by atoms with Crippen molar-refractivity contribution in [1.82, 2.24) is 14.5 Å². The molecule has 4 rings (SSSR count). The number of rotatable bonds is 5. The molecule has 2 heterocycles. The number of likely N-dealkylation sites (tertiary alicyclic amines) is 1. The lowest BCUT2D eigenvalue weighted by molar-refractivity contribution is -0.137. The largest absolute Gasteiger partial charge is 0.494 e. The third-order valence-corrected chi connectivity index (χ3v) is 6.06. The number of aromatic amines is 1. The fraction of sp³-hybridized carbons (Fsp3) is 0.292. The molecule has 1 fully saturated rings. The first kappa shape index (κ1) is 23.9. The number of H-pyrrole nitrogens is 1. The molecule has 0 saturated carbocycles. The zero-order valence-corrected chi connectivity index (χ0v) is 18.9. The number of hydrogen-bond acceptors (Lipinski definition) is 5. The third kappa shape index (κ3) is 5.45. The fourth-order valence-electron chi connectivity index (χ4n) is 3.96. The molecule has 10 heteroatoms. The number of halogens is 3. The Morgan fingerprint density at radius 3 is 2.50 bits per heavy atom. The van der Waals surface area contributed by atoms with E-state index in [1.807, 2.05) is 18.2 Å². The van der Waals surface area contributed by atoms with Crippen LogP contribution in [0.5, 0.6) is 5.88 Å². The minimum atomic E-state index is -4.56. The molecular weight excluding hydrogens is 465 g/mol. The maximum absolute atomic E-state index is 13.1. The molecular formula is C24H23F3N4O2S. The first-order valence-electron chi connectivity index (χ1n) is 10.8. The predicted octanol–water partition coefficient (Wildman–Crippen LogP) is 4.70. The highest BCUT2D eigenvalue weighted by atomic mass is 32.1. The zero-order valence-electron chi connectivity index (χ0n) is 18.1. The van der Waals surface area contributed by atoms with Gasteiger partial charge in [-0.05, 0) is 48.8 Å². The smallest absolute Gasteiger partial charge is 0.416 e. The Kier molecular flexibility index (Phi) is 6.99. The van der Waals surface area contributed by atoms with Crippen LogP contribution < -0.4 is 5.56 Å². The van der Waals surface area contributed by atoms with Crippen molar-refractivity contribution in [2.75, 3.05) is 13.1 Å². The lowest BCUT2D eigenvalue weighted by Gasteiger charge is -2.30. The van der Waals surface area contributed by atoms with E-state index in [9.17, 15) is 23.1 Å². The van der Waals surface area contributed by atoms with Crippen molar-refractivity contribution in [2.24, 2.45) is 4.99 Å². The van der Waals surface area contributed by atoms with Gasteiger partial charge in [0.25, 0.3) is 5.56 Å². The Morgan fingerprint density at radius 1 is 1.12 bits per heavy atom. The van der Waals surface area contributed by atoms with Crippen molar-refractivity contribution in [1.29, 1.82) is 0 Å². The minimum Gasteiger partial charge on any atom is -0.494 e. The van der Waals surface area contributed by atoms with Gasteiger partial charge >= 0.3 is 6.18 Å².